The zero-order valence-corrected chi connectivity index (χ0v) is 19.2. The summed E-state index contributed by atoms with van der Waals surface area (Å²) in [7, 11) is -8.97. The molecule has 0 amide bonds. The minimum absolute atomic E-state index is 0.390. The minimum atomic E-state index is -4.48. The average molecular weight is 448 g/mol. The molecule has 0 aliphatic carbocycles. The standard InChI is InChI=1S/C17H38O9P2/c1-16(2,25-27(19,20)21)13-9-5-7-11-15(18)12-8-6-10-14-17(3,4)26-28(22,23)24/h15,18H,5-14H2,1-4H3,(H2,19,20,21)(H2,22,23,24). The summed E-state index contributed by atoms with van der Waals surface area (Å²) in [6, 6.07) is 0. The lowest BCUT2D eigenvalue weighted by atomic mass is 9.97. The molecule has 0 aromatic heterocycles. The highest BCUT2D eigenvalue weighted by Gasteiger charge is 2.29. The second-order valence-electron chi connectivity index (χ2n) is 8.54. The van der Waals surface area contributed by atoms with Gasteiger partial charge in [-0.1, -0.05) is 38.5 Å². The van der Waals surface area contributed by atoms with Crippen LogP contribution >= 0.6 is 15.6 Å². The summed E-state index contributed by atoms with van der Waals surface area (Å²) in [5, 5.41) is 10.0. The van der Waals surface area contributed by atoms with Gasteiger partial charge in [-0.15, -0.1) is 0 Å². The number of hydrogen-bond donors (Lipinski definition) is 5. The molecule has 9 nitrogen and oxygen atoms in total. The van der Waals surface area contributed by atoms with Crippen molar-refractivity contribution in [2.45, 2.75) is 109 Å². The molecule has 11 heteroatoms. The van der Waals surface area contributed by atoms with Crippen LogP contribution in [0.4, 0.5) is 0 Å². The smallest absolute Gasteiger partial charge is 0.393 e. The first-order chi connectivity index (χ1) is 12.5. The summed E-state index contributed by atoms with van der Waals surface area (Å²) in [5.74, 6) is 0. The lowest BCUT2D eigenvalue weighted by Crippen LogP contribution is -2.22. The summed E-state index contributed by atoms with van der Waals surface area (Å²) < 4.78 is 31.3. The fraction of sp³-hybridized carbons (Fsp3) is 1.00. The Balaban J connectivity index is 3.77. The van der Waals surface area contributed by atoms with Crippen LogP contribution in [-0.2, 0) is 18.2 Å². The van der Waals surface area contributed by atoms with Crippen LogP contribution in [0.2, 0.25) is 0 Å². The van der Waals surface area contributed by atoms with Crippen molar-refractivity contribution < 1.29 is 42.9 Å². The molecule has 0 radical (unpaired) electrons. The fourth-order valence-corrected chi connectivity index (χ4v) is 4.56. The van der Waals surface area contributed by atoms with Crippen molar-refractivity contribution in [2.24, 2.45) is 0 Å². The lowest BCUT2D eigenvalue weighted by molar-refractivity contribution is 0.0543. The molecule has 0 saturated heterocycles. The monoisotopic (exact) mass is 448 g/mol. The summed E-state index contributed by atoms with van der Waals surface area (Å²) in [6.07, 6.45) is 6.88. The third-order valence-corrected chi connectivity index (χ3v) is 5.83. The van der Waals surface area contributed by atoms with E-state index in [1.165, 1.54) is 0 Å². The molecular weight excluding hydrogens is 410 g/mol. The average Bonchev–Trinajstić information content (AvgIpc) is 2.40. The van der Waals surface area contributed by atoms with Crippen LogP contribution in [0.1, 0.15) is 91.9 Å². The van der Waals surface area contributed by atoms with Gasteiger partial charge in [-0.2, -0.15) is 0 Å². The zero-order chi connectivity index (χ0) is 22.1. The molecule has 0 atom stereocenters. The summed E-state index contributed by atoms with van der Waals surface area (Å²) in [6.45, 7) is 6.58. The lowest BCUT2D eigenvalue weighted by Gasteiger charge is -2.25. The largest absolute Gasteiger partial charge is 0.470 e. The third kappa shape index (κ3) is 18.2. The van der Waals surface area contributed by atoms with Gasteiger partial charge in [0, 0.05) is 0 Å². The molecule has 0 heterocycles. The quantitative estimate of drug-likeness (QED) is 0.174. The van der Waals surface area contributed by atoms with Crippen LogP contribution in [0.15, 0.2) is 0 Å². The molecule has 5 N–H and O–H groups in total. The predicted octanol–water partition coefficient (Wildman–Crippen LogP) is 4.02. The number of unbranched alkanes of at least 4 members (excludes halogenated alkanes) is 4. The summed E-state index contributed by atoms with van der Waals surface area (Å²) >= 11 is 0. The van der Waals surface area contributed by atoms with E-state index in [0.717, 1.165) is 38.5 Å². The zero-order valence-electron chi connectivity index (χ0n) is 17.4. The first kappa shape index (κ1) is 28.2. The first-order valence-corrected chi connectivity index (χ1v) is 12.8. The molecule has 0 rings (SSSR count). The van der Waals surface area contributed by atoms with Crippen molar-refractivity contribution in [1.82, 2.24) is 0 Å². The van der Waals surface area contributed by atoms with Crippen molar-refractivity contribution in [2.75, 3.05) is 0 Å². The van der Waals surface area contributed by atoms with E-state index in [-0.39, 0.29) is 0 Å². The van der Waals surface area contributed by atoms with E-state index in [9.17, 15) is 14.2 Å². The Morgan fingerprint density at radius 3 is 1.29 bits per heavy atom. The second kappa shape index (κ2) is 12.1. The Hall–Kier alpha value is 0.180. The number of phosphoric ester groups is 2. The van der Waals surface area contributed by atoms with E-state index < -0.39 is 33.0 Å². The molecule has 0 saturated carbocycles. The first-order valence-electron chi connectivity index (χ1n) is 9.72. The van der Waals surface area contributed by atoms with E-state index in [4.69, 9.17) is 28.6 Å². The molecule has 0 aromatic rings. The van der Waals surface area contributed by atoms with Crippen LogP contribution in [-0.4, -0.2) is 42.0 Å². The molecule has 0 aromatic carbocycles. The Labute approximate surface area is 168 Å². The van der Waals surface area contributed by atoms with Gasteiger partial charge in [-0.25, -0.2) is 9.13 Å². The van der Waals surface area contributed by atoms with E-state index in [2.05, 4.69) is 0 Å². The summed E-state index contributed by atoms with van der Waals surface area (Å²) in [5.41, 5.74) is -1.76. The minimum Gasteiger partial charge on any atom is -0.393 e. The summed E-state index contributed by atoms with van der Waals surface area (Å²) in [4.78, 5) is 35.4. The highest BCUT2D eigenvalue weighted by molar-refractivity contribution is 7.46. The van der Waals surface area contributed by atoms with E-state index in [0.29, 0.717) is 25.7 Å². The number of rotatable bonds is 16. The molecule has 0 fully saturated rings. The van der Waals surface area contributed by atoms with Crippen LogP contribution in [0.5, 0.6) is 0 Å². The van der Waals surface area contributed by atoms with Crippen LogP contribution in [0, 0.1) is 0 Å². The van der Waals surface area contributed by atoms with Gasteiger partial charge >= 0.3 is 15.6 Å². The number of aliphatic hydroxyl groups is 1. The Morgan fingerprint density at radius 1 is 0.679 bits per heavy atom. The van der Waals surface area contributed by atoms with Gasteiger partial charge in [-0.3, -0.25) is 9.05 Å². The van der Waals surface area contributed by atoms with E-state index in [1.807, 2.05) is 0 Å². The second-order valence-corrected chi connectivity index (χ2v) is 10.9. The van der Waals surface area contributed by atoms with Crippen LogP contribution in [0.3, 0.4) is 0 Å². The van der Waals surface area contributed by atoms with Gasteiger partial charge in [0.1, 0.15) is 0 Å². The van der Waals surface area contributed by atoms with Crippen molar-refractivity contribution >= 4 is 15.6 Å². The van der Waals surface area contributed by atoms with Crippen molar-refractivity contribution in [1.29, 1.82) is 0 Å². The molecule has 170 valence electrons. The number of phosphoric acid groups is 2. The Bertz CT molecular complexity index is 479. The number of hydrogen-bond acceptors (Lipinski definition) is 5. The maximum atomic E-state index is 10.9. The Morgan fingerprint density at radius 2 is 1.00 bits per heavy atom. The van der Waals surface area contributed by atoms with Crippen molar-refractivity contribution in [3.63, 3.8) is 0 Å². The van der Waals surface area contributed by atoms with Gasteiger partial charge in [0.05, 0.1) is 17.3 Å². The molecule has 0 unspecified atom stereocenters. The van der Waals surface area contributed by atoms with Crippen LogP contribution < -0.4 is 0 Å². The topological polar surface area (TPSA) is 154 Å². The van der Waals surface area contributed by atoms with E-state index >= 15 is 0 Å². The van der Waals surface area contributed by atoms with Crippen molar-refractivity contribution in [3.05, 3.63) is 0 Å². The molecular formula is C17H38O9P2. The number of aliphatic hydroxyl groups excluding tert-OH is 1. The highest BCUT2D eigenvalue weighted by Crippen LogP contribution is 2.43. The normalized spacial score (nSPS) is 14.1. The maximum absolute atomic E-state index is 10.9. The molecule has 0 aliphatic heterocycles. The van der Waals surface area contributed by atoms with Gasteiger partial charge < -0.3 is 24.7 Å². The molecule has 0 bridgehead atoms. The van der Waals surface area contributed by atoms with E-state index in [1.54, 1.807) is 27.7 Å². The SMILES string of the molecule is CC(C)(CCCCCC(O)CCCCCC(C)(C)OP(=O)(O)O)OP(=O)(O)O. The third-order valence-electron chi connectivity index (χ3n) is 4.36. The molecule has 0 spiro atoms. The van der Waals surface area contributed by atoms with Gasteiger partial charge in [0.2, 0.25) is 0 Å². The molecule has 28 heavy (non-hydrogen) atoms. The predicted molar refractivity (Wildman–Crippen MR) is 107 cm³/mol. The Kier molecular flexibility index (Phi) is 12.2. The van der Waals surface area contributed by atoms with Gasteiger partial charge in [-0.05, 0) is 53.4 Å². The van der Waals surface area contributed by atoms with Crippen molar-refractivity contribution in [3.8, 4) is 0 Å². The molecule has 0 aliphatic rings. The highest BCUT2D eigenvalue weighted by atomic mass is 31.2. The van der Waals surface area contributed by atoms with Gasteiger partial charge in [0.25, 0.3) is 0 Å². The maximum Gasteiger partial charge on any atom is 0.470 e. The fourth-order valence-electron chi connectivity index (χ4n) is 3.09. The van der Waals surface area contributed by atoms with Gasteiger partial charge in [0.15, 0.2) is 0 Å². The van der Waals surface area contributed by atoms with Crippen LogP contribution in [0.25, 0.3) is 0 Å².